The number of para-hydroxylation sites is 1. The van der Waals surface area contributed by atoms with E-state index < -0.39 is 27.1 Å². The van der Waals surface area contributed by atoms with Crippen molar-refractivity contribution in [3.05, 3.63) is 72.0 Å². The van der Waals surface area contributed by atoms with Gasteiger partial charge in [0.25, 0.3) is 17.3 Å². The first kappa shape index (κ1) is 18.7. The summed E-state index contributed by atoms with van der Waals surface area (Å²) >= 11 is 7.46. The number of nitrogens with zero attached hydrogens (tertiary/aromatic N) is 4. The third kappa shape index (κ3) is 3.57. The second kappa shape index (κ2) is 7.25. The summed E-state index contributed by atoms with van der Waals surface area (Å²) < 4.78 is 2.56. The summed E-state index contributed by atoms with van der Waals surface area (Å²) in [7, 11) is 0. The molecule has 11 heteroatoms. The van der Waals surface area contributed by atoms with Gasteiger partial charge in [0.2, 0.25) is 0 Å². The normalized spacial score (nSPS) is 11.7. The molecule has 1 amide bonds. The number of hydrogen-bond donors (Lipinski definition) is 0. The standard InChI is InChI=1S/C16H11ClN4O5S/c1-2-19-14-12(17)4-3-5-13(14)27-16(19)18-15(22)9-6-10(20(23)24)8-11(7-9)21(25)26/h3-8H,2H2,1H3. The lowest BCUT2D eigenvalue weighted by molar-refractivity contribution is -0.394. The first-order valence-corrected chi connectivity index (χ1v) is 8.82. The number of nitro benzene ring substituents is 2. The van der Waals surface area contributed by atoms with Gasteiger partial charge in [-0.2, -0.15) is 4.99 Å². The van der Waals surface area contributed by atoms with E-state index in [4.69, 9.17) is 11.6 Å². The van der Waals surface area contributed by atoms with Gasteiger partial charge in [-0.1, -0.05) is 29.0 Å². The van der Waals surface area contributed by atoms with Crippen molar-refractivity contribution >= 4 is 50.4 Å². The number of aromatic nitrogens is 1. The minimum Gasteiger partial charge on any atom is -0.315 e. The fourth-order valence-corrected chi connectivity index (χ4v) is 4.00. The molecule has 0 aliphatic rings. The van der Waals surface area contributed by atoms with Crippen LogP contribution in [-0.4, -0.2) is 20.3 Å². The molecule has 27 heavy (non-hydrogen) atoms. The second-order valence-corrected chi connectivity index (χ2v) is 6.80. The van der Waals surface area contributed by atoms with E-state index in [2.05, 4.69) is 4.99 Å². The van der Waals surface area contributed by atoms with Crippen LogP contribution in [0.15, 0.2) is 41.4 Å². The van der Waals surface area contributed by atoms with Gasteiger partial charge < -0.3 is 4.57 Å². The number of fused-ring (bicyclic) bond motifs is 1. The van der Waals surface area contributed by atoms with E-state index in [1.807, 2.05) is 13.0 Å². The average molecular weight is 407 g/mol. The molecule has 0 atom stereocenters. The van der Waals surface area contributed by atoms with Gasteiger partial charge in [-0.25, -0.2) is 0 Å². The van der Waals surface area contributed by atoms with E-state index >= 15 is 0 Å². The molecule has 0 spiro atoms. The molecule has 3 aromatic rings. The molecule has 0 saturated heterocycles. The monoisotopic (exact) mass is 406 g/mol. The van der Waals surface area contributed by atoms with Crippen molar-refractivity contribution in [3.63, 3.8) is 0 Å². The highest BCUT2D eigenvalue weighted by Gasteiger charge is 2.20. The largest absolute Gasteiger partial charge is 0.315 e. The summed E-state index contributed by atoms with van der Waals surface area (Å²) in [4.78, 5) is 37.3. The van der Waals surface area contributed by atoms with Crippen molar-refractivity contribution in [2.75, 3.05) is 0 Å². The molecule has 1 aromatic heterocycles. The predicted molar refractivity (Wildman–Crippen MR) is 100 cm³/mol. The number of halogens is 1. The van der Waals surface area contributed by atoms with Gasteiger partial charge in [-0.05, 0) is 19.1 Å². The van der Waals surface area contributed by atoms with Crippen molar-refractivity contribution in [1.29, 1.82) is 0 Å². The molecule has 0 bridgehead atoms. The number of amides is 1. The van der Waals surface area contributed by atoms with Crippen LogP contribution < -0.4 is 4.80 Å². The van der Waals surface area contributed by atoms with Crippen LogP contribution >= 0.6 is 22.9 Å². The van der Waals surface area contributed by atoms with E-state index in [1.54, 1.807) is 16.7 Å². The zero-order chi connectivity index (χ0) is 19.7. The molecule has 3 rings (SSSR count). The maximum Gasteiger partial charge on any atom is 0.280 e. The molecule has 1 heterocycles. The Labute approximate surface area is 160 Å². The lowest BCUT2D eigenvalue weighted by atomic mass is 10.1. The molecular weight excluding hydrogens is 396 g/mol. The van der Waals surface area contributed by atoms with E-state index in [1.165, 1.54) is 11.3 Å². The molecule has 0 saturated carbocycles. The van der Waals surface area contributed by atoms with E-state index in [-0.39, 0.29) is 5.56 Å². The molecule has 0 aliphatic carbocycles. The number of nitro groups is 2. The summed E-state index contributed by atoms with van der Waals surface area (Å²) in [6, 6.07) is 8.06. The Morgan fingerprint density at radius 2 is 1.81 bits per heavy atom. The smallest absolute Gasteiger partial charge is 0.280 e. The van der Waals surface area contributed by atoms with Gasteiger partial charge in [-0.3, -0.25) is 25.0 Å². The average Bonchev–Trinajstić information content (AvgIpc) is 2.99. The number of benzene rings is 2. The Balaban J connectivity index is 2.18. The van der Waals surface area contributed by atoms with Crippen LogP contribution in [0.3, 0.4) is 0 Å². The summed E-state index contributed by atoms with van der Waals surface area (Å²) in [5.41, 5.74) is -0.610. The second-order valence-electron chi connectivity index (χ2n) is 5.38. The molecule has 9 nitrogen and oxygen atoms in total. The molecule has 0 unspecified atom stereocenters. The first-order chi connectivity index (χ1) is 12.8. The van der Waals surface area contributed by atoms with Gasteiger partial charge in [0.1, 0.15) is 0 Å². The predicted octanol–water partition coefficient (Wildman–Crippen LogP) is 3.93. The Morgan fingerprint density at radius 3 is 2.37 bits per heavy atom. The Kier molecular flexibility index (Phi) is 5.02. The SMILES string of the molecule is CCn1c(=NC(=O)c2cc([N+](=O)[O-])cc([N+](=O)[O-])c2)sc2cccc(Cl)c21. The van der Waals surface area contributed by atoms with Crippen LogP contribution in [0.5, 0.6) is 0 Å². The highest BCUT2D eigenvalue weighted by molar-refractivity contribution is 7.16. The van der Waals surface area contributed by atoms with E-state index in [0.29, 0.717) is 16.4 Å². The van der Waals surface area contributed by atoms with E-state index in [9.17, 15) is 25.0 Å². The fraction of sp³-hybridized carbons (Fsp3) is 0.125. The number of rotatable bonds is 4. The van der Waals surface area contributed by atoms with Crippen LogP contribution in [0.4, 0.5) is 11.4 Å². The van der Waals surface area contributed by atoms with Crippen molar-refractivity contribution in [1.82, 2.24) is 4.57 Å². The minimum atomic E-state index is -0.813. The zero-order valence-electron chi connectivity index (χ0n) is 13.8. The van der Waals surface area contributed by atoms with Gasteiger partial charge >= 0.3 is 0 Å². The lowest BCUT2D eigenvalue weighted by Crippen LogP contribution is -2.16. The topological polar surface area (TPSA) is 121 Å². The third-order valence-electron chi connectivity index (χ3n) is 3.74. The third-order valence-corrected chi connectivity index (χ3v) is 5.08. The number of carbonyl (C=O) groups excluding carboxylic acids is 1. The molecule has 0 N–H and O–H groups in total. The van der Waals surface area contributed by atoms with E-state index in [0.717, 1.165) is 28.4 Å². The Morgan fingerprint density at radius 1 is 1.19 bits per heavy atom. The van der Waals surface area contributed by atoms with Gasteiger partial charge in [0.05, 0.1) is 36.7 Å². The number of aryl methyl sites for hydroxylation is 1. The van der Waals surface area contributed by atoms with Crippen LogP contribution in [0.2, 0.25) is 5.02 Å². The van der Waals surface area contributed by atoms with Gasteiger partial charge in [0.15, 0.2) is 4.80 Å². The number of carbonyl (C=O) groups is 1. The zero-order valence-corrected chi connectivity index (χ0v) is 15.4. The summed E-state index contributed by atoms with van der Waals surface area (Å²) in [6.07, 6.45) is 0. The maximum atomic E-state index is 12.5. The quantitative estimate of drug-likeness (QED) is 0.480. The Bertz CT molecular complexity index is 1140. The van der Waals surface area contributed by atoms with Crippen molar-refractivity contribution < 1.29 is 14.6 Å². The summed E-state index contributed by atoms with van der Waals surface area (Å²) in [5.74, 6) is -0.813. The molecule has 0 fully saturated rings. The minimum absolute atomic E-state index is 0.234. The fourth-order valence-electron chi connectivity index (χ4n) is 2.55. The molecule has 138 valence electrons. The summed E-state index contributed by atoms with van der Waals surface area (Å²) in [5, 5.41) is 22.5. The highest BCUT2D eigenvalue weighted by atomic mass is 35.5. The van der Waals surface area contributed by atoms with Crippen molar-refractivity contribution in [2.24, 2.45) is 4.99 Å². The first-order valence-electron chi connectivity index (χ1n) is 7.62. The number of hydrogen-bond acceptors (Lipinski definition) is 6. The number of non-ortho nitro benzene ring substituents is 2. The Hall–Kier alpha value is -3.11. The van der Waals surface area contributed by atoms with Gasteiger partial charge in [-0.15, -0.1) is 0 Å². The number of thiazole rings is 1. The van der Waals surface area contributed by atoms with Gasteiger partial charge in [0, 0.05) is 18.7 Å². The van der Waals surface area contributed by atoms with Crippen LogP contribution in [0.1, 0.15) is 17.3 Å². The molecule has 0 aliphatic heterocycles. The van der Waals surface area contributed by atoms with Crippen molar-refractivity contribution in [3.8, 4) is 0 Å². The molecular formula is C16H11ClN4O5S. The summed E-state index contributed by atoms with van der Waals surface area (Å²) in [6.45, 7) is 2.35. The molecule has 2 aromatic carbocycles. The van der Waals surface area contributed by atoms with Crippen LogP contribution in [-0.2, 0) is 6.54 Å². The maximum absolute atomic E-state index is 12.5. The van der Waals surface area contributed by atoms with Crippen LogP contribution in [0, 0.1) is 20.2 Å². The highest BCUT2D eigenvalue weighted by Crippen LogP contribution is 2.26. The van der Waals surface area contributed by atoms with Crippen LogP contribution in [0.25, 0.3) is 10.2 Å². The van der Waals surface area contributed by atoms with Crippen molar-refractivity contribution in [2.45, 2.75) is 13.5 Å². The molecule has 0 radical (unpaired) electrons. The lowest BCUT2D eigenvalue weighted by Gasteiger charge is -2.02.